The first kappa shape index (κ1) is 17.3. The molecule has 1 aromatic carbocycles. The molecule has 1 aromatic rings. The number of hydrogen-bond acceptors (Lipinski definition) is 2. The van der Waals surface area contributed by atoms with Crippen molar-refractivity contribution in [1.29, 1.82) is 0 Å². The van der Waals surface area contributed by atoms with Gasteiger partial charge in [0, 0.05) is 23.8 Å². The van der Waals surface area contributed by atoms with Crippen LogP contribution in [-0.2, 0) is 4.79 Å². The van der Waals surface area contributed by atoms with Gasteiger partial charge in [-0.3, -0.25) is 4.79 Å². The molecule has 0 aromatic heterocycles. The number of amides is 1. The van der Waals surface area contributed by atoms with Gasteiger partial charge in [0.25, 0.3) is 0 Å². The van der Waals surface area contributed by atoms with E-state index in [0.29, 0.717) is 11.8 Å². The second-order valence-electron chi connectivity index (χ2n) is 7.31. The minimum atomic E-state index is -0.164. The predicted octanol–water partition coefficient (Wildman–Crippen LogP) is 4.33. The highest BCUT2D eigenvalue weighted by Crippen LogP contribution is 2.54. The number of fused-ring (bicyclic) bond motifs is 1. The molecule has 4 heteroatoms. The third-order valence-electron chi connectivity index (χ3n) is 6.32. The summed E-state index contributed by atoms with van der Waals surface area (Å²) in [5.41, 5.74) is 2.94. The lowest BCUT2D eigenvalue weighted by atomic mass is 9.61. The summed E-state index contributed by atoms with van der Waals surface area (Å²) in [6.45, 7) is 8.28. The first-order valence-electron chi connectivity index (χ1n) is 8.90. The van der Waals surface area contributed by atoms with Crippen LogP contribution < -0.4 is 10.6 Å². The van der Waals surface area contributed by atoms with Crippen LogP contribution in [0, 0.1) is 11.3 Å². The van der Waals surface area contributed by atoms with E-state index in [1.165, 1.54) is 5.56 Å². The minimum absolute atomic E-state index is 0.164. The Bertz CT molecular complexity index is 672. The molecule has 2 fully saturated rings. The lowest BCUT2D eigenvalue weighted by molar-refractivity contribution is -0.130. The summed E-state index contributed by atoms with van der Waals surface area (Å²) < 4.78 is 0. The Morgan fingerprint density at radius 1 is 1.50 bits per heavy atom. The van der Waals surface area contributed by atoms with E-state index in [4.69, 9.17) is 11.6 Å². The normalized spacial score (nSPS) is 32.2. The predicted molar refractivity (Wildman–Crippen MR) is 100.0 cm³/mol. The maximum atomic E-state index is 12.5. The Morgan fingerprint density at radius 3 is 2.88 bits per heavy atom. The molecular weight excluding hydrogens is 320 g/mol. The Balaban J connectivity index is 1.85. The number of halogens is 1. The van der Waals surface area contributed by atoms with Crippen LogP contribution in [0.4, 0.5) is 0 Å². The molecular formula is C20H27ClN2O. The topological polar surface area (TPSA) is 41.1 Å². The SMILES string of the molecule is C=C(NC)c1ccc(C2CCC3(CC)C(=O)NC(C)C3C2)c(Cl)c1. The molecule has 3 rings (SSSR count). The zero-order valence-electron chi connectivity index (χ0n) is 14.8. The second kappa shape index (κ2) is 6.44. The molecule has 24 heavy (non-hydrogen) atoms. The van der Waals surface area contributed by atoms with Gasteiger partial charge in [-0.1, -0.05) is 37.2 Å². The molecule has 2 aliphatic rings. The number of nitrogens with one attached hydrogen (secondary N) is 2. The maximum Gasteiger partial charge on any atom is 0.226 e. The first-order valence-corrected chi connectivity index (χ1v) is 9.28. The number of rotatable bonds is 4. The molecule has 1 heterocycles. The summed E-state index contributed by atoms with van der Waals surface area (Å²) in [6, 6.07) is 6.48. The van der Waals surface area contributed by atoms with E-state index in [2.05, 4.69) is 43.2 Å². The van der Waals surface area contributed by atoms with E-state index in [1.807, 2.05) is 13.1 Å². The summed E-state index contributed by atoms with van der Waals surface area (Å²) in [5, 5.41) is 7.05. The van der Waals surface area contributed by atoms with Gasteiger partial charge in [-0.25, -0.2) is 0 Å². The number of hydrogen-bond donors (Lipinski definition) is 2. The third kappa shape index (κ3) is 2.63. The van der Waals surface area contributed by atoms with E-state index in [9.17, 15) is 4.79 Å². The van der Waals surface area contributed by atoms with Gasteiger partial charge in [0.2, 0.25) is 5.91 Å². The van der Waals surface area contributed by atoms with E-state index in [0.717, 1.165) is 42.0 Å². The summed E-state index contributed by atoms with van der Waals surface area (Å²) in [7, 11) is 1.86. The summed E-state index contributed by atoms with van der Waals surface area (Å²) in [6.07, 6.45) is 3.93. The molecule has 1 saturated heterocycles. The molecule has 4 atom stereocenters. The van der Waals surface area contributed by atoms with Crippen LogP contribution in [0.1, 0.15) is 56.6 Å². The zero-order chi connectivity index (χ0) is 17.5. The molecule has 0 bridgehead atoms. The fraction of sp³-hybridized carbons (Fsp3) is 0.550. The van der Waals surface area contributed by atoms with E-state index in [-0.39, 0.29) is 17.4 Å². The van der Waals surface area contributed by atoms with Gasteiger partial charge in [-0.2, -0.15) is 0 Å². The van der Waals surface area contributed by atoms with Crippen LogP contribution in [0.5, 0.6) is 0 Å². The number of carbonyl (C=O) groups is 1. The number of carbonyl (C=O) groups excluding carboxylic acids is 1. The maximum absolute atomic E-state index is 12.5. The van der Waals surface area contributed by atoms with Gasteiger partial charge in [0.1, 0.15) is 0 Å². The summed E-state index contributed by atoms with van der Waals surface area (Å²) in [4.78, 5) is 12.5. The average Bonchev–Trinajstić information content (AvgIpc) is 2.84. The smallest absolute Gasteiger partial charge is 0.226 e. The second-order valence-corrected chi connectivity index (χ2v) is 7.72. The third-order valence-corrected chi connectivity index (χ3v) is 6.65. The van der Waals surface area contributed by atoms with Crippen molar-refractivity contribution >= 4 is 23.2 Å². The van der Waals surface area contributed by atoms with Gasteiger partial charge in [-0.15, -0.1) is 0 Å². The van der Waals surface area contributed by atoms with Crippen molar-refractivity contribution in [1.82, 2.24) is 10.6 Å². The van der Waals surface area contributed by atoms with Gasteiger partial charge < -0.3 is 10.6 Å². The van der Waals surface area contributed by atoms with Gasteiger partial charge in [-0.05, 0) is 61.6 Å². The van der Waals surface area contributed by atoms with E-state index < -0.39 is 0 Å². The van der Waals surface area contributed by atoms with Crippen LogP contribution in [0.15, 0.2) is 24.8 Å². The fourth-order valence-corrected chi connectivity index (χ4v) is 5.09. The van der Waals surface area contributed by atoms with Crippen molar-refractivity contribution in [3.63, 3.8) is 0 Å². The molecule has 2 N–H and O–H groups in total. The summed E-state index contributed by atoms with van der Waals surface area (Å²) in [5.74, 6) is 1.08. The highest BCUT2D eigenvalue weighted by molar-refractivity contribution is 6.31. The van der Waals surface area contributed by atoms with Crippen LogP contribution in [-0.4, -0.2) is 19.0 Å². The lowest BCUT2D eigenvalue weighted by Gasteiger charge is -2.41. The molecule has 1 aliphatic carbocycles. The Kier molecular flexibility index (Phi) is 4.65. The van der Waals surface area contributed by atoms with Gasteiger partial charge >= 0.3 is 0 Å². The molecule has 0 spiro atoms. The van der Waals surface area contributed by atoms with Crippen molar-refractivity contribution in [2.24, 2.45) is 11.3 Å². The molecule has 1 aliphatic heterocycles. The monoisotopic (exact) mass is 346 g/mol. The van der Waals surface area contributed by atoms with Crippen molar-refractivity contribution in [2.45, 2.75) is 51.5 Å². The van der Waals surface area contributed by atoms with Crippen molar-refractivity contribution in [3.05, 3.63) is 40.9 Å². The van der Waals surface area contributed by atoms with Crippen molar-refractivity contribution < 1.29 is 4.79 Å². The molecule has 0 radical (unpaired) electrons. The molecule has 1 amide bonds. The molecule has 3 nitrogen and oxygen atoms in total. The highest BCUT2D eigenvalue weighted by Gasteiger charge is 2.54. The van der Waals surface area contributed by atoms with Crippen LogP contribution >= 0.6 is 11.6 Å². The lowest BCUT2D eigenvalue weighted by Crippen LogP contribution is -2.39. The Morgan fingerprint density at radius 2 is 2.25 bits per heavy atom. The molecule has 4 unspecified atom stereocenters. The molecule has 1 saturated carbocycles. The molecule has 130 valence electrons. The minimum Gasteiger partial charge on any atom is -0.388 e. The largest absolute Gasteiger partial charge is 0.388 e. The quantitative estimate of drug-likeness (QED) is 0.852. The van der Waals surface area contributed by atoms with Crippen molar-refractivity contribution in [2.75, 3.05) is 7.05 Å². The zero-order valence-corrected chi connectivity index (χ0v) is 15.5. The first-order chi connectivity index (χ1) is 11.4. The van der Waals surface area contributed by atoms with E-state index >= 15 is 0 Å². The van der Waals surface area contributed by atoms with Crippen molar-refractivity contribution in [3.8, 4) is 0 Å². The standard InChI is InChI=1S/C20H27ClN2O/c1-5-20-9-8-15(10-17(20)13(3)23-19(20)24)16-7-6-14(11-18(16)21)12(2)22-4/h6-7,11,13,15,17,22H,2,5,8-10H2,1,3-4H3,(H,23,24). The Hall–Kier alpha value is -1.48. The number of benzene rings is 1. The Labute approximate surface area is 149 Å². The fourth-order valence-electron chi connectivity index (χ4n) is 4.76. The van der Waals surface area contributed by atoms with Crippen LogP contribution in [0.25, 0.3) is 5.70 Å². The summed E-state index contributed by atoms with van der Waals surface area (Å²) >= 11 is 6.59. The van der Waals surface area contributed by atoms with Crippen LogP contribution in [0.2, 0.25) is 5.02 Å². The van der Waals surface area contributed by atoms with Gasteiger partial charge in [0.05, 0.1) is 5.41 Å². The highest BCUT2D eigenvalue weighted by atomic mass is 35.5. The van der Waals surface area contributed by atoms with Gasteiger partial charge in [0.15, 0.2) is 0 Å². The van der Waals surface area contributed by atoms with E-state index in [1.54, 1.807) is 0 Å². The average molecular weight is 347 g/mol. The van der Waals surface area contributed by atoms with Crippen LogP contribution in [0.3, 0.4) is 0 Å².